The Labute approximate surface area is 141 Å². The van der Waals surface area contributed by atoms with E-state index in [4.69, 9.17) is 16.7 Å². The molecule has 3 N–H and O–H groups in total. The Hall–Kier alpha value is -1.78. The van der Waals surface area contributed by atoms with E-state index in [2.05, 4.69) is 0 Å². The molecule has 0 fully saturated rings. The summed E-state index contributed by atoms with van der Waals surface area (Å²) < 4.78 is 0. The van der Waals surface area contributed by atoms with Crippen LogP contribution in [0.3, 0.4) is 0 Å². The fraction of sp³-hybridized carbons (Fsp3) is 0.389. The Morgan fingerprint density at radius 2 is 1.78 bits per heavy atom. The van der Waals surface area contributed by atoms with E-state index in [-0.39, 0.29) is 40.7 Å². The number of carbonyl (C=O) groups excluding carboxylic acids is 1. The van der Waals surface area contributed by atoms with Gasteiger partial charge in [-0.1, -0.05) is 34.9 Å². The molecule has 1 rings (SSSR count). The van der Waals surface area contributed by atoms with Gasteiger partial charge in [0.1, 0.15) is 11.5 Å². The monoisotopic (exact) mass is 338 g/mol. The molecule has 0 atom stereocenters. The van der Waals surface area contributed by atoms with Crippen molar-refractivity contribution in [1.82, 2.24) is 0 Å². The molecule has 126 valence electrons. The van der Waals surface area contributed by atoms with Gasteiger partial charge in [0, 0.05) is 5.56 Å². The van der Waals surface area contributed by atoms with Gasteiger partial charge in [-0.15, -0.1) is 0 Å². The molecular weight excluding hydrogens is 316 g/mol. The minimum absolute atomic E-state index is 0.0564. The molecule has 0 radical (unpaired) electrons. The molecule has 0 heterocycles. The summed E-state index contributed by atoms with van der Waals surface area (Å²) in [6, 6.07) is 0. The first-order chi connectivity index (χ1) is 10.8. The molecule has 1 aromatic carbocycles. The van der Waals surface area contributed by atoms with Gasteiger partial charge in [-0.3, -0.25) is 4.79 Å². The van der Waals surface area contributed by atoms with Crippen LogP contribution in [0.1, 0.15) is 48.2 Å². The topological polar surface area (TPSA) is 77.8 Å². The van der Waals surface area contributed by atoms with Gasteiger partial charge in [0.2, 0.25) is 0 Å². The first-order valence-corrected chi connectivity index (χ1v) is 7.81. The lowest BCUT2D eigenvalue weighted by molar-refractivity contribution is 0.112. The fourth-order valence-corrected chi connectivity index (χ4v) is 2.42. The predicted molar refractivity (Wildman–Crippen MR) is 92.4 cm³/mol. The maximum absolute atomic E-state index is 11.1. The van der Waals surface area contributed by atoms with E-state index in [1.165, 1.54) is 0 Å². The van der Waals surface area contributed by atoms with Crippen LogP contribution in [0.25, 0.3) is 0 Å². The molecule has 0 saturated carbocycles. The number of carbonyl (C=O) groups is 1. The predicted octanol–water partition coefficient (Wildman–Crippen LogP) is 4.08. The number of aliphatic hydroxyl groups is 1. The number of hydrogen-bond acceptors (Lipinski definition) is 4. The Morgan fingerprint density at radius 3 is 2.35 bits per heavy atom. The maximum atomic E-state index is 11.1. The smallest absolute Gasteiger partial charge is 0.154 e. The Kier molecular flexibility index (Phi) is 7.33. The minimum atomic E-state index is -0.223. The van der Waals surface area contributed by atoms with E-state index in [9.17, 15) is 15.0 Å². The van der Waals surface area contributed by atoms with Crippen LogP contribution in [0.5, 0.6) is 11.5 Å². The summed E-state index contributed by atoms with van der Waals surface area (Å²) in [4.78, 5) is 11.1. The number of halogens is 1. The Morgan fingerprint density at radius 1 is 1.13 bits per heavy atom. The van der Waals surface area contributed by atoms with Crippen molar-refractivity contribution < 1.29 is 20.1 Å². The average Bonchev–Trinajstić information content (AvgIpc) is 2.53. The number of phenols is 2. The number of aromatic hydroxyl groups is 2. The van der Waals surface area contributed by atoms with Crippen LogP contribution < -0.4 is 0 Å². The summed E-state index contributed by atoms with van der Waals surface area (Å²) in [7, 11) is 0. The number of rotatable bonds is 7. The third-order valence-corrected chi connectivity index (χ3v) is 4.28. The zero-order chi connectivity index (χ0) is 17.6. The van der Waals surface area contributed by atoms with E-state index >= 15 is 0 Å². The average molecular weight is 339 g/mol. The largest absolute Gasteiger partial charge is 0.507 e. The van der Waals surface area contributed by atoms with E-state index in [0.717, 1.165) is 24.0 Å². The molecule has 23 heavy (non-hydrogen) atoms. The van der Waals surface area contributed by atoms with Crippen molar-refractivity contribution in [2.24, 2.45) is 0 Å². The molecule has 0 bridgehead atoms. The molecule has 0 aromatic heterocycles. The van der Waals surface area contributed by atoms with Crippen molar-refractivity contribution in [3.8, 4) is 11.5 Å². The SMILES string of the molecule is C/C(=C\CC/C(C)=C/Cc1c(O)c(Cl)c(C)c(C=O)c1O)CO. The second kappa shape index (κ2) is 8.75. The third-order valence-electron chi connectivity index (χ3n) is 3.82. The zero-order valence-corrected chi connectivity index (χ0v) is 14.4. The second-order valence-electron chi connectivity index (χ2n) is 5.65. The normalized spacial score (nSPS) is 12.6. The molecule has 5 heteroatoms. The molecule has 0 unspecified atom stereocenters. The molecule has 0 spiro atoms. The van der Waals surface area contributed by atoms with Crippen LogP contribution in [-0.4, -0.2) is 28.2 Å². The van der Waals surface area contributed by atoms with Crippen molar-refractivity contribution in [2.45, 2.75) is 40.0 Å². The highest BCUT2D eigenvalue weighted by atomic mass is 35.5. The molecule has 4 nitrogen and oxygen atoms in total. The highest BCUT2D eigenvalue weighted by molar-refractivity contribution is 6.33. The quantitative estimate of drug-likeness (QED) is 0.517. The second-order valence-corrected chi connectivity index (χ2v) is 6.03. The van der Waals surface area contributed by atoms with E-state index in [1.807, 2.05) is 26.0 Å². The minimum Gasteiger partial charge on any atom is -0.507 e. The molecule has 0 aliphatic rings. The van der Waals surface area contributed by atoms with Gasteiger partial charge < -0.3 is 15.3 Å². The third kappa shape index (κ3) is 4.85. The van der Waals surface area contributed by atoms with Gasteiger partial charge in [-0.05, 0) is 45.6 Å². The molecule has 0 aliphatic carbocycles. The Balaban J connectivity index is 2.95. The van der Waals surface area contributed by atoms with Crippen molar-refractivity contribution in [3.05, 3.63) is 45.0 Å². The van der Waals surface area contributed by atoms with E-state index in [0.29, 0.717) is 11.8 Å². The maximum Gasteiger partial charge on any atom is 0.154 e. The number of allylic oxidation sites excluding steroid dienone is 3. The number of aliphatic hydroxyl groups excluding tert-OH is 1. The standard InChI is InChI=1S/C18H23ClO4/c1-11(5-4-6-12(2)9-20)7-8-14-17(22)15(10-21)13(3)16(19)18(14)23/h6-7,10,20,22-23H,4-5,8-9H2,1-3H3/b11-7+,12-6+. The first kappa shape index (κ1) is 19.3. The highest BCUT2D eigenvalue weighted by Gasteiger charge is 2.19. The molecule has 1 aromatic rings. The number of hydrogen-bond donors (Lipinski definition) is 3. The lowest BCUT2D eigenvalue weighted by atomic mass is 9.99. The molecule has 0 saturated heterocycles. The van der Waals surface area contributed by atoms with E-state index < -0.39 is 0 Å². The Bertz CT molecular complexity index is 645. The van der Waals surface area contributed by atoms with Gasteiger partial charge in [0.05, 0.1) is 17.2 Å². The van der Waals surface area contributed by atoms with Crippen molar-refractivity contribution in [1.29, 1.82) is 0 Å². The van der Waals surface area contributed by atoms with Crippen LogP contribution in [0, 0.1) is 6.92 Å². The molecule has 0 amide bonds. The first-order valence-electron chi connectivity index (χ1n) is 7.43. The van der Waals surface area contributed by atoms with Gasteiger partial charge >= 0.3 is 0 Å². The van der Waals surface area contributed by atoms with Crippen LogP contribution >= 0.6 is 11.6 Å². The molecular formula is C18H23ClO4. The summed E-state index contributed by atoms with van der Waals surface area (Å²) in [5, 5.41) is 29.3. The highest BCUT2D eigenvalue weighted by Crippen LogP contribution is 2.40. The summed E-state index contributed by atoms with van der Waals surface area (Å²) in [5.74, 6) is -0.410. The van der Waals surface area contributed by atoms with E-state index in [1.54, 1.807) is 6.92 Å². The summed E-state index contributed by atoms with van der Waals surface area (Å²) >= 11 is 6.02. The van der Waals surface area contributed by atoms with Crippen LogP contribution in [0.4, 0.5) is 0 Å². The summed E-state index contributed by atoms with van der Waals surface area (Å²) in [6.45, 7) is 5.45. The molecule has 0 aliphatic heterocycles. The van der Waals surface area contributed by atoms with Crippen LogP contribution in [-0.2, 0) is 6.42 Å². The van der Waals surface area contributed by atoms with Crippen molar-refractivity contribution in [2.75, 3.05) is 6.61 Å². The van der Waals surface area contributed by atoms with Gasteiger partial charge in [-0.25, -0.2) is 0 Å². The number of benzene rings is 1. The number of aldehydes is 1. The van der Waals surface area contributed by atoms with Gasteiger partial charge in [0.25, 0.3) is 0 Å². The lowest BCUT2D eigenvalue weighted by Gasteiger charge is -2.13. The number of phenolic OH excluding ortho intramolecular Hbond substituents is 2. The van der Waals surface area contributed by atoms with Crippen LogP contribution in [0.2, 0.25) is 5.02 Å². The van der Waals surface area contributed by atoms with Crippen molar-refractivity contribution >= 4 is 17.9 Å². The van der Waals surface area contributed by atoms with Crippen molar-refractivity contribution in [3.63, 3.8) is 0 Å². The van der Waals surface area contributed by atoms with Crippen LogP contribution in [0.15, 0.2) is 23.3 Å². The lowest BCUT2D eigenvalue weighted by Crippen LogP contribution is -1.96. The summed E-state index contributed by atoms with van der Waals surface area (Å²) in [5.41, 5.74) is 2.73. The zero-order valence-electron chi connectivity index (χ0n) is 13.7. The fourth-order valence-electron chi connectivity index (χ4n) is 2.21. The van der Waals surface area contributed by atoms with Gasteiger partial charge in [-0.2, -0.15) is 0 Å². The summed E-state index contributed by atoms with van der Waals surface area (Å²) in [6.07, 6.45) is 6.29. The van der Waals surface area contributed by atoms with Gasteiger partial charge in [0.15, 0.2) is 6.29 Å².